The Bertz CT molecular complexity index is 465. The predicted molar refractivity (Wildman–Crippen MR) is 82.2 cm³/mol. The number of aryl methyl sites for hydroxylation is 1. The molecule has 0 aromatic carbocycles. The lowest BCUT2D eigenvalue weighted by Crippen LogP contribution is -2.43. The molecule has 21 heavy (non-hydrogen) atoms. The van der Waals surface area contributed by atoms with Crippen molar-refractivity contribution >= 4 is 5.91 Å². The summed E-state index contributed by atoms with van der Waals surface area (Å²) in [6, 6.07) is 2.14. The van der Waals surface area contributed by atoms with Gasteiger partial charge in [-0.1, -0.05) is 6.42 Å². The average Bonchev–Trinajstić information content (AvgIpc) is 2.51. The molecule has 1 aliphatic rings. The third-order valence-electron chi connectivity index (χ3n) is 4.00. The van der Waals surface area contributed by atoms with Crippen LogP contribution in [-0.2, 0) is 0 Å². The topological polar surface area (TPSA) is 65.5 Å². The fourth-order valence-corrected chi connectivity index (χ4v) is 2.83. The standard InChI is InChI=1S/C16H25N3O2/c1-13-9-14(11-17-10-13)16(21)18-6-4-8-19-7-3-2-5-15(19)12-20/h9-11,15,20H,2-8,12H2,1H3,(H,18,21)/t15-/m1/s1. The molecule has 5 nitrogen and oxygen atoms in total. The van der Waals surface area contributed by atoms with Crippen LogP contribution in [0.5, 0.6) is 0 Å². The Morgan fingerprint density at radius 3 is 3.10 bits per heavy atom. The van der Waals surface area contributed by atoms with Crippen LogP contribution in [0.2, 0.25) is 0 Å². The Kier molecular flexibility index (Phi) is 6.14. The second kappa shape index (κ2) is 8.10. The number of aromatic nitrogens is 1. The Morgan fingerprint density at radius 1 is 1.48 bits per heavy atom. The van der Waals surface area contributed by atoms with E-state index in [9.17, 15) is 9.90 Å². The summed E-state index contributed by atoms with van der Waals surface area (Å²) in [6.45, 7) is 4.80. The van der Waals surface area contributed by atoms with Gasteiger partial charge in [0.1, 0.15) is 0 Å². The Labute approximate surface area is 126 Å². The molecule has 0 radical (unpaired) electrons. The molecular weight excluding hydrogens is 266 g/mol. The van der Waals surface area contributed by atoms with Crippen LogP contribution in [-0.4, -0.2) is 53.2 Å². The molecule has 1 aromatic heterocycles. The van der Waals surface area contributed by atoms with Crippen molar-refractivity contribution in [2.24, 2.45) is 0 Å². The SMILES string of the molecule is Cc1cncc(C(=O)NCCCN2CCCC[C@@H]2CO)c1. The van der Waals surface area contributed by atoms with Crippen molar-refractivity contribution in [2.45, 2.75) is 38.6 Å². The molecule has 2 N–H and O–H groups in total. The zero-order valence-electron chi connectivity index (χ0n) is 12.7. The fraction of sp³-hybridized carbons (Fsp3) is 0.625. The first-order valence-corrected chi connectivity index (χ1v) is 7.75. The molecule has 1 aromatic rings. The molecule has 1 amide bonds. The number of hydrogen-bond acceptors (Lipinski definition) is 4. The highest BCUT2D eigenvalue weighted by Crippen LogP contribution is 2.16. The van der Waals surface area contributed by atoms with E-state index in [0.29, 0.717) is 18.2 Å². The number of rotatable bonds is 6. The van der Waals surface area contributed by atoms with Gasteiger partial charge in [0.05, 0.1) is 12.2 Å². The number of pyridine rings is 1. The largest absolute Gasteiger partial charge is 0.395 e. The van der Waals surface area contributed by atoms with Gasteiger partial charge in [0, 0.05) is 31.5 Å². The first kappa shape index (κ1) is 15.9. The normalized spacial score (nSPS) is 19.4. The first-order chi connectivity index (χ1) is 10.2. The molecule has 2 heterocycles. The van der Waals surface area contributed by atoms with Gasteiger partial charge in [0.15, 0.2) is 0 Å². The van der Waals surface area contributed by atoms with Crippen molar-refractivity contribution in [2.75, 3.05) is 26.2 Å². The van der Waals surface area contributed by atoms with Crippen LogP contribution in [0.25, 0.3) is 0 Å². The highest BCUT2D eigenvalue weighted by Gasteiger charge is 2.20. The summed E-state index contributed by atoms with van der Waals surface area (Å²) in [5.74, 6) is -0.0662. The molecule has 1 fully saturated rings. The van der Waals surface area contributed by atoms with E-state index in [1.165, 1.54) is 12.8 Å². The van der Waals surface area contributed by atoms with E-state index in [-0.39, 0.29) is 12.5 Å². The number of amides is 1. The predicted octanol–water partition coefficient (Wildman–Crippen LogP) is 1.36. The number of aliphatic hydroxyl groups is 1. The quantitative estimate of drug-likeness (QED) is 0.777. The molecule has 1 atom stereocenters. The van der Waals surface area contributed by atoms with Crippen molar-refractivity contribution in [1.82, 2.24) is 15.2 Å². The number of nitrogens with zero attached hydrogens (tertiary/aromatic N) is 2. The summed E-state index contributed by atoms with van der Waals surface area (Å²) in [4.78, 5) is 18.3. The van der Waals surface area contributed by atoms with Crippen molar-refractivity contribution in [3.05, 3.63) is 29.6 Å². The molecule has 2 rings (SSSR count). The van der Waals surface area contributed by atoms with E-state index < -0.39 is 0 Å². The van der Waals surface area contributed by atoms with Crippen molar-refractivity contribution in [3.8, 4) is 0 Å². The Hall–Kier alpha value is -1.46. The van der Waals surface area contributed by atoms with Gasteiger partial charge in [0.2, 0.25) is 0 Å². The van der Waals surface area contributed by atoms with Gasteiger partial charge >= 0.3 is 0 Å². The van der Waals surface area contributed by atoms with Crippen molar-refractivity contribution in [3.63, 3.8) is 0 Å². The fourth-order valence-electron chi connectivity index (χ4n) is 2.83. The minimum atomic E-state index is -0.0662. The van der Waals surface area contributed by atoms with Gasteiger partial charge in [-0.05, 0) is 44.4 Å². The van der Waals surface area contributed by atoms with E-state index in [1.807, 2.05) is 13.0 Å². The number of piperidine rings is 1. The Morgan fingerprint density at radius 2 is 2.33 bits per heavy atom. The van der Waals surface area contributed by atoms with E-state index in [0.717, 1.165) is 31.5 Å². The molecule has 0 spiro atoms. The average molecular weight is 291 g/mol. The first-order valence-electron chi connectivity index (χ1n) is 7.75. The van der Waals surface area contributed by atoms with Crippen LogP contribution in [0.3, 0.4) is 0 Å². The number of aliphatic hydroxyl groups excluding tert-OH is 1. The van der Waals surface area contributed by atoms with Gasteiger partial charge in [-0.15, -0.1) is 0 Å². The van der Waals surface area contributed by atoms with Gasteiger partial charge in [-0.2, -0.15) is 0 Å². The van der Waals surface area contributed by atoms with E-state index >= 15 is 0 Å². The molecule has 0 aliphatic carbocycles. The second-order valence-electron chi connectivity index (χ2n) is 5.73. The number of likely N-dealkylation sites (tertiary alicyclic amines) is 1. The number of hydrogen-bond donors (Lipinski definition) is 2. The minimum Gasteiger partial charge on any atom is -0.395 e. The van der Waals surface area contributed by atoms with Crippen LogP contribution in [0, 0.1) is 6.92 Å². The summed E-state index contributed by atoms with van der Waals surface area (Å²) in [6.07, 6.45) is 7.73. The van der Waals surface area contributed by atoms with E-state index in [4.69, 9.17) is 0 Å². The summed E-state index contributed by atoms with van der Waals surface area (Å²) in [7, 11) is 0. The number of nitrogens with one attached hydrogen (secondary N) is 1. The second-order valence-corrected chi connectivity index (χ2v) is 5.73. The zero-order chi connectivity index (χ0) is 15.1. The summed E-state index contributed by atoms with van der Waals surface area (Å²) < 4.78 is 0. The third-order valence-corrected chi connectivity index (χ3v) is 4.00. The van der Waals surface area contributed by atoms with Gasteiger partial charge in [-0.25, -0.2) is 0 Å². The maximum atomic E-state index is 12.0. The molecule has 0 unspecified atom stereocenters. The lowest BCUT2D eigenvalue weighted by Gasteiger charge is -2.34. The van der Waals surface area contributed by atoms with Gasteiger partial charge in [0.25, 0.3) is 5.91 Å². The zero-order valence-corrected chi connectivity index (χ0v) is 12.7. The van der Waals surface area contributed by atoms with Crippen LogP contribution < -0.4 is 5.32 Å². The minimum absolute atomic E-state index is 0.0662. The smallest absolute Gasteiger partial charge is 0.252 e. The van der Waals surface area contributed by atoms with Crippen LogP contribution in [0.4, 0.5) is 0 Å². The summed E-state index contributed by atoms with van der Waals surface area (Å²) in [5.41, 5.74) is 1.60. The van der Waals surface area contributed by atoms with Crippen molar-refractivity contribution in [1.29, 1.82) is 0 Å². The van der Waals surface area contributed by atoms with Crippen LogP contribution in [0.1, 0.15) is 41.6 Å². The number of carbonyl (C=O) groups excluding carboxylic acids is 1. The molecule has 116 valence electrons. The number of carbonyl (C=O) groups is 1. The van der Waals surface area contributed by atoms with Crippen LogP contribution >= 0.6 is 0 Å². The maximum Gasteiger partial charge on any atom is 0.252 e. The lowest BCUT2D eigenvalue weighted by atomic mass is 10.0. The molecule has 0 bridgehead atoms. The van der Waals surface area contributed by atoms with E-state index in [2.05, 4.69) is 15.2 Å². The molecule has 1 aliphatic heterocycles. The Balaban J connectivity index is 1.70. The lowest BCUT2D eigenvalue weighted by molar-refractivity contribution is 0.0868. The van der Waals surface area contributed by atoms with Crippen LogP contribution in [0.15, 0.2) is 18.5 Å². The summed E-state index contributed by atoms with van der Waals surface area (Å²) >= 11 is 0. The molecule has 5 heteroatoms. The molecular formula is C16H25N3O2. The summed E-state index contributed by atoms with van der Waals surface area (Å²) in [5, 5.41) is 12.3. The third kappa shape index (κ3) is 4.79. The highest BCUT2D eigenvalue weighted by molar-refractivity contribution is 5.93. The maximum absolute atomic E-state index is 12.0. The monoisotopic (exact) mass is 291 g/mol. The molecule has 0 saturated carbocycles. The molecule has 1 saturated heterocycles. The van der Waals surface area contributed by atoms with Gasteiger partial charge < -0.3 is 10.4 Å². The van der Waals surface area contributed by atoms with E-state index in [1.54, 1.807) is 12.4 Å². The highest BCUT2D eigenvalue weighted by atomic mass is 16.3. The van der Waals surface area contributed by atoms with Crippen molar-refractivity contribution < 1.29 is 9.90 Å². The van der Waals surface area contributed by atoms with Gasteiger partial charge in [-0.3, -0.25) is 14.7 Å².